The van der Waals surface area contributed by atoms with Crippen LogP contribution >= 0.6 is 0 Å². The molecule has 0 aliphatic carbocycles. The van der Waals surface area contributed by atoms with Gasteiger partial charge in [-0.25, -0.2) is 5.43 Å². The maximum atomic E-state index is 11.7. The molecule has 1 N–H and O–H groups in total. The number of carbonyl (C=O) groups excluding carboxylic acids is 1. The van der Waals surface area contributed by atoms with Crippen LogP contribution in [0, 0.1) is 0 Å². The number of methoxy groups -OCH3 is 1. The summed E-state index contributed by atoms with van der Waals surface area (Å²) in [6.07, 6.45) is 5.21. The smallest absolute Gasteiger partial charge is 0.305 e. The standard InChI is InChI=1S/C15H15N3O2.ClH/c1-20-14-8-4-3-7-13(14)11-16-17-15(19)12-18-9-5-2-6-10-18;/h2-11H,12H2,1H3;1H/b16-11+;. The molecule has 0 saturated heterocycles. The van der Waals surface area contributed by atoms with Crippen LogP contribution in [0.4, 0.5) is 0 Å². The first-order chi connectivity index (χ1) is 9.79. The summed E-state index contributed by atoms with van der Waals surface area (Å²) >= 11 is 0. The van der Waals surface area contributed by atoms with E-state index in [2.05, 4.69) is 10.5 Å². The molecule has 0 saturated carbocycles. The molecular weight excluding hydrogens is 290 g/mol. The molecule has 1 heterocycles. The number of nitrogens with zero attached hydrogens (tertiary/aromatic N) is 2. The van der Waals surface area contributed by atoms with Crippen molar-refractivity contribution in [2.24, 2.45) is 5.10 Å². The Bertz CT molecular complexity index is 603. The highest BCUT2D eigenvalue weighted by Gasteiger charge is 2.06. The summed E-state index contributed by atoms with van der Waals surface area (Å²) in [4.78, 5) is 11.7. The summed E-state index contributed by atoms with van der Waals surface area (Å²) in [7, 11) is 1.59. The minimum atomic E-state index is -0.188. The number of halogens is 1. The average molecular weight is 306 g/mol. The van der Waals surface area contributed by atoms with Crippen molar-refractivity contribution in [1.29, 1.82) is 0 Å². The Balaban J connectivity index is 0.00000220. The molecule has 21 heavy (non-hydrogen) atoms. The third-order valence-corrected chi connectivity index (χ3v) is 2.64. The third-order valence-electron chi connectivity index (χ3n) is 2.64. The summed E-state index contributed by atoms with van der Waals surface area (Å²) in [5, 5.41) is 3.93. The number of carbonyl (C=O) groups is 1. The highest BCUT2D eigenvalue weighted by molar-refractivity contribution is 5.84. The predicted octanol–water partition coefficient (Wildman–Crippen LogP) is -1.86. The number of pyridine rings is 1. The molecular formula is C15H16ClN3O2. The van der Waals surface area contributed by atoms with Gasteiger partial charge in [0.15, 0.2) is 12.4 Å². The van der Waals surface area contributed by atoms with E-state index in [1.165, 1.54) is 0 Å². The minimum Gasteiger partial charge on any atom is -1.00 e. The van der Waals surface area contributed by atoms with E-state index in [0.717, 1.165) is 5.56 Å². The zero-order valence-corrected chi connectivity index (χ0v) is 12.3. The number of rotatable bonds is 5. The van der Waals surface area contributed by atoms with Gasteiger partial charge >= 0.3 is 5.91 Å². The second-order valence-electron chi connectivity index (χ2n) is 4.08. The fourth-order valence-corrected chi connectivity index (χ4v) is 1.69. The van der Waals surface area contributed by atoms with E-state index in [9.17, 15) is 4.79 Å². The van der Waals surface area contributed by atoms with Crippen LogP contribution in [0.15, 0.2) is 60.0 Å². The second-order valence-corrected chi connectivity index (χ2v) is 4.08. The normalized spacial score (nSPS) is 9.95. The fraction of sp³-hybridized carbons (Fsp3) is 0.133. The van der Waals surface area contributed by atoms with E-state index in [1.54, 1.807) is 17.9 Å². The van der Waals surface area contributed by atoms with E-state index in [0.29, 0.717) is 5.75 Å². The molecule has 0 spiro atoms. The molecule has 2 rings (SSSR count). The molecule has 0 bridgehead atoms. The maximum Gasteiger partial charge on any atom is 0.305 e. The first-order valence-electron chi connectivity index (χ1n) is 6.18. The molecule has 0 aliphatic heterocycles. The lowest BCUT2D eigenvalue weighted by molar-refractivity contribution is -0.684. The molecule has 5 nitrogen and oxygen atoms in total. The summed E-state index contributed by atoms with van der Waals surface area (Å²) < 4.78 is 6.96. The Morgan fingerprint density at radius 1 is 1.24 bits per heavy atom. The van der Waals surface area contributed by atoms with Crippen molar-refractivity contribution in [3.63, 3.8) is 0 Å². The number of benzene rings is 1. The van der Waals surface area contributed by atoms with Crippen LogP contribution in [0.3, 0.4) is 0 Å². The topological polar surface area (TPSA) is 54.6 Å². The zero-order chi connectivity index (χ0) is 14.2. The number of hydrogen-bond acceptors (Lipinski definition) is 3. The number of aromatic nitrogens is 1. The van der Waals surface area contributed by atoms with Gasteiger partial charge in [-0.3, -0.25) is 4.79 Å². The van der Waals surface area contributed by atoms with Crippen molar-refractivity contribution in [1.82, 2.24) is 5.43 Å². The SMILES string of the molecule is COc1ccccc1/C=N/NC(=O)C[n+]1ccccc1.[Cl-]. The fourth-order valence-electron chi connectivity index (χ4n) is 1.69. The van der Waals surface area contributed by atoms with Crippen LogP contribution in [0.2, 0.25) is 0 Å². The summed E-state index contributed by atoms with van der Waals surface area (Å²) in [6, 6.07) is 13.1. The van der Waals surface area contributed by atoms with Crippen molar-refractivity contribution in [3.8, 4) is 5.75 Å². The van der Waals surface area contributed by atoms with Crippen LogP contribution in [0.25, 0.3) is 0 Å². The van der Waals surface area contributed by atoms with Gasteiger partial charge in [-0.1, -0.05) is 18.2 Å². The Labute approximate surface area is 129 Å². The molecule has 0 radical (unpaired) electrons. The van der Waals surface area contributed by atoms with Crippen LogP contribution in [-0.2, 0) is 11.3 Å². The molecule has 110 valence electrons. The maximum absolute atomic E-state index is 11.7. The van der Waals surface area contributed by atoms with E-state index in [4.69, 9.17) is 4.74 Å². The molecule has 1 aromatic carbocycles. The van der Waals surface area contributed by atoms with E-state index in [1.807, 2.05) is 54.9 Å². The van der Waals surface area contributed by atoms with Gasteiger partial charge in [0.05, 0.1) is 13.3 Å². The molecule has 1 aromatic heterocycles. The van der Waals surface area contributed by atoms with Gasteiger partial charge in [-0.2, -0.15) is 9.67 Å². The molecule has 2 aromatic rings. The summed E-state index contributed by atoms with van der Waals surface area (Å²) in [5.74, 6) is 0.523. The molecule has 1 amide bonds. The van der Waals surface area contributed by atoms with Gasteiger partial charge in [0.1, 0.15) is 5.75 Å². The zero-order valence-electron chi connectivity index (χ0n) is 11.6. The third kappa shape index (κ3) is 5.24. The highest BCUT2D eigenvalue weighted by Crippen LogP contribution is 2.14. The van der Waals surface area contributed by atoms with Crippen LogP contribution in [0.1, 0.15) is 5.56 Å². The lowest BCUT2D eigenvalue weighted by Gasteiger charge is -2.02. The van der Waals surface area contributed by atoms with Crippen molar-refractivity contribution < 1.29 is 26.5 Å². The van der Waals surface area contributed by atoms with Crippen molar-refractivity contribution >= 4 is 12.1 Å². The minimum absolute atomic E-state index is 0. The highest BCUT2D eigenvalue weighted by atomic mass is 35.5. The Morgan fingerprint density at radius 3 is 2.67 bits per heavy atom. The average Bonchev–Trinajstić information content (AvgIpc) is 2.49. The van der Waals surface area contributed by atoms with Crippen LogP contribution in [-0.4, -0.2) is 19.2 Å². The van der Waals surface area contributed by atoms with Gasteiger partial charge in [0.2, 0.25) is 6.54 Å². The van der Waals surface area contributed by atoms with Crippen molar-refractivity contribution in [3.05, 3.63) is 60.4 Å². The van der Waals surface area contributed by atoms with Crippen molar-refractivity contribution in [2.45, 2.75) is 6.54 Å². The number of para-hydroxylation sites is 1. The number of hydrogen-bond donors (Lipinski definition) is 1. The monoisotopic (exact) mass is 305 g/mol. The largest absolute Gasteiger partial charge is 1.00 e. The van der Waals surface area contributed by atoms with Gasteiger partial charge in [0.25, 0.3) is 0 Å². The Kier molecular flexibility index (Phi) is 6.91. The van der Waals surface area contributed by atoms with Gasteiger partial charge in [-0.05, 0) is 12.1 Å². The van der Waals surface area contributed by atoms with Crippen LogP contribution < -0.4 is 27.1 Å². The Hall–Kier alpha value is -2.40. The lowest BCUT2D eigenvalue weighted by atomic mass is 10.2. The first kappa shape index (κ1) is 16.7. The lowest BCUT2D eigenvalue weighted by Crippen LogP contribution is -3.00. The molecule has 0 unspecified atom stereocenters. The molecule has 0 atom stereocenters. The van der Waals surface area contributed by atoms with Gasteiger partial charge in [-0.15, -0.1) is 0 Å². The van der Waals surface area contributed by atoms with E-state index in [-0.39, 0.29) is 24.9 Å². The van der Waals surface area contributed by atoms with E-state index < -0.39 is 0 Å². The van der Waals surface area contributed by atoms with Crippen molar-refractivity contribution in [2.75, 3.05) is 7.11 Å². The van der Waals surface area contributed by atoms with Crippen LogP contribution in [0.5, 0.6) is 5.75 Å². The number of nitrogens with one attached hydrogen (secondary N) is 1. The number of ether oxygens (including phenoxy) is 1. The Morgan fingerprint density at radius 2 is 1.95 bits per heavy atom. The molecule has 6 heteroatoms. The van der Waals surface area contributed by atoms with E-state index >= 15 is 0 Å². The first-order valence-corrected chi connectivity index (χ1v) is 6.18. The van der Waals surface area contributed by atoms with Gasteiger partial charge in [0, 0.05) is 17.7 Å². The number of hydrazone groups is 1. The molecule has 0 fully saturated rings. The number of amides is 1. The summed E-state index contributed by atoms with van der Waals surface area (Å²) in [6.45, 7) is 0.226. The summed E-state index contributed by atoms with van der Waals surface area (Å²) in [5.41, 5.74) is 3.29. The quantitative estimate of drug-likeness (QED) is 0.400. The molecule has 0 aliphatic rings. The second kappa shape index (κ2) is 8.71. The predicted molar refractivity (Wildman–Crippen MR) is 75.4 cm³/mol. The van der Waals surface area contributed by atoms with Gasteiger partial charge < -0.3 is 17.1 Å².